The lowest BCUT2D eigenvalue weighted by atomic mass is 9.88. The molecule has 28 heavy (non-hydrogen) atoms. The lowest BCUT2D eigenvalue weighted by Gasteiger charge is -2.30. The van der Waals surface area contributed by atoms with Gasteiger partial charge in [0.15, 0.2) is 11.5 Å². The predicted molar refractivity (Wildman–Crippen MR) is 101 cm³/mol. The highest BCUT2D eigenvalue weighted by molar-refractivity contribution is 7.13. The number of H-pyrrole nitrogens is 1. The maximum absolute atomic E-state index is 13.9. The van der Waals surface area contributed by atoms with Crippen molar-refractivity contribution in [2.75, 3.05) is 13.1 Å². The van der Waals surface area contributed by atoms with Gasteiger partial charge < -0.3 is 4.90 Å². The highest BCUT2D eigenvalue weighted by atomic mass is 32.1. The molecular weight excluding hydrogens is 384 g/mol. The number of amides is 1. The molecule has 144 valence electrons. The standard InChI is InChI=1S/C20H17F2N3O2S/c21-13-3-4-15(22)14(10-13)19(26)12-5-7-25(8-6-12)20(27)17-11-16(23-24-17)18-2-1-9-28-18/h1-4,9-12H,5-8H2,(H,23,24). The van der Waals surface area contributed by atoms with Crippen LogP contribution in [0.15, 0.2) is 41.8 Å². The summed E-state index contributed by atoms with van der Waals surface area (Å²) < 4.78 is 27.2. The second-order valence-corrected chi connectivity index (χ2v) is 7.65. The van der Waals surface area contributed by atoms with Crippen LogP contribution in [-0.2, 0) is 0 Å². The molecule has 1 fully saturated rings. The summed E-state index contributed by atoms with van der Waals surface area (Å²) in [5.74, 6) is -2.41. The lowest BCUT2D eigenvalue weighted by molar-refractivity contribution is 0.0644. The molecular formula is C20H17F2N3O2S. The molecule has 5 nitrogen and oxygen atoms in total. The van der Waals surface area contributed by atoms with E-state index in [2.05, 4.69) is 10.2 Å². The molecule has 0 bridgehead atoms. The third-order valence-electron chi connectivity index (χ3n) is 4.93. The number of hydrogen-bond acceptors (Lipinski definition) is 4. The second kappa shape index (κ2) is 7.63. The van der Waals surface area contributed by atoms with Crippen LogP contribution in [0.2, 0.25) is 0 Å². The van der Waals surface area contributed by atoms with Crippen molar-refractivity contribution in [2.45, 2.75) is 12.8 Å². The number of nitrogens with one attached hydrogen (secondary N) is 1. The van der Waals surface area contributed by atoms with Crippen LogP contribution in [0.4, 0.5) is 8.78 Å². The summed E-state index contributed by atoms with van der Waals surface area (Å²) in [5, 5.41) is 8.92. The Kier molecular flexibility index (Phi) is 5.04. The molecule has 0 saturated carbocycles. The molecule has 0 spiro atoms. The van der Waals surface area contributed by atoms with E-state index in [1.807, 2.05) is 17.5 Å². The minimum atomic E-state index is -0.720. The highest BCUT2D eigenvalue weighted by Gasteiger charge is 2.30. The molecule has 0 aliphatic carbocycles. The maximum atomic E-state index is 13.9. The first kappa shape index (κ1) is 18.5. The topological polar surface area (TPSA) is 66.1 Å². The van der Waals surface area contributed by atoms with Crippen molar-refractivity contribution in [1.29, 1.82) is 0 Å². The number of piperidine rings is 1. The first-order valence-corrected chi connectivity index (χ1v) is 9.78. The van der Waals surface area contributed by atoms with Gasteiger partial charge in [-0.15, -0.1) is 11.3 Å². The van der Waals surface area contributed by atoms with Crippen molar-refractivity contribution >= 4 is 23.0 Å². The minimum absolute atomic E-state index is 0.207. The summed E-state index contributed by atoms with van der Waals surface area (Å²) >= 11 is 1.55. The number of aromatic amines is 1. The van der Waals surface area contributed by atoms with E-state index in [9.17, 15) is 18.4 Å². The van der Waals surface area contributed by atoms with Gasteiger partial charge in [-0.3, -0.25) is 14.7 Å². The van der Waals surface area contributed by atoms with E-state index in [1.165, 1.54) is 0 Å². The molecule has 1 aliphatic rings. The fourth-order valence-corrected chi connectivity index (χ4v) is 4.09. The molecule has 3 aromatic rings. The molecule has 1 aliphatic heterocycles. The van der Waals surface area contributed by atoms with E-state index in [-0.39, 0.29) is 11.5 Å². The van der Waals surface area contributed by atoms with Crippen molar-refractivity contribution in [3.8, 4) is 10.6 Å². The monoisotopic (exact) mass is 401 g/mol. The maximum Gasteiger partial charge on any atom is 0.274 e. The average molecular weight is 401 g/mol. The SMILES string of the molecule is O=C(c1cc(F)ccc1F)C1CCN(C(=O)c2cc(-c3cccs3)[nH]n2)CC1. The van der Waals surface area contributed by atoms with Gasteiger partial charge in [-0.1, -0.05) is 6.07 Å². The zero-order valence-electron chi connectivity index (χ0n) is 14.8. The van der Waals surface area contributed by atoms with E-state index in [0.29, 0.717) is 31.6 Å². The average Bonchev–Trinajstić information content (AvgIpc) is 3.40. The number of benzene rings is 1. The Bertz CT molecular complexity index is 1010. The van der Waals surface area contributed by atoms with Crippen LogP contribution in [0.1, 0.15) is 33.7 Å². The zero-order chi connectivity index (χ0) is 19.7. The van der Waals surface area contributed by atoms with E-state index in [1.54, 1.807) is 22.3 Å². The van der Waals surface area contributed by atoms with Gasteiger partial charge in [0.25, 0.3) is 5.91 Å². The number of carbonyl (C=O) groups excluding carboxylic acids is 2. The van der Waals surface area contributed by atoms with Gasteiger partial charge in [0, 0.05) is 19.0 Å². The molecule has 1 aromatic carbocycles. The molecule has 1 amide bonds. The fourth-order valence-electron chi connectivity index (χ4n) is 3.40. The zero-order valence-corrected chi connectivity index (χ0v) is 15.6. The smallest absolute Gasteiger partial charge is 0.274 e. The molecule has 2 aromatic heterocycles. The first-order valence-electron chi connectivity index (χ1n) is 8.91. The number of likely N-dealkylation sites (tertiary alicyclic amines) is 1. The Morgan fingerprint density at radius 1 is 1.14 bits per heavy atom. The molecule has 3 heterocycles. The van der Waals surface area contributed by atoms with Crippen molar-refractivity contribution in [3.05, 3.63) is 64.7 Å². The Morgan fingerprint density at radius 3 is 2.64 bits per heavy atom. The summed E-state index contributed by atoms with van der Waals surface area (Å²) in [6.07, 6.45) is 0.811. The van der Waals surface area contributed by atoms with Crippen molar-refractivity contribution < 1.29 is 18.4 Å². The quantitative estimate of drug-likeness (QED) is 0.668. The van der Waals surface area contributed by atoms with E-state index >= 15 is 0 Å². The second-order valence-electron chi connectivity index (χ2n) is 6.70. The molecule has 0 radical (unpaired) electrons. The number of ketones is 1. The van der Waals surface area contributed by atoms with Crippen LogP contribution in [0.3, 0.4) is 0 Å². The highest BCUT2D eigenvalue weighted by Crippen LogP contribution is 2.26. The number of rotatable bonds is 4. The van der Waals surface area contributed by atoms with Gasteiger partial charge in [-0.2, -0.15) is 5.10 Å². The summed E-state index contributed by atoms with van der Waals surface area (Å²) in [5.41, 5.74) is 0.881. The number of nitrogens with zero attached hydrogens (tertiary/aromatic N) is 2. The van der Waals surface area contributed by atoms with Gasteiger partial charge in [-0.25, -0.2) is 8.78 Å². The van der Waals surface area contributed by atoms with Crippen LogP contribution >= 0.6 is 11.3 Å². The van der Waals surface area contributed by atoms with Crippen molar-refractivity contribution in [1.82, 2.24) is 15.1 Å². The Balaban J connectivity index is 1.40. The van der Waals surface area contributed by atoms with Gasteiger partial charge in [-0.05, 0) is 48.6 Å². The molecule has 0 atom stereocenters. The van der Waals surface area contributed by atoms with Crippen LogP contribution in [0, 0.1) is 17.6 Å². The molecule has 1 saturated heterocycles. The normalized spacial score (nSPS) is 15.0. The van der Waals surface area contributed by atoms with Gasteiger partial charge in [0.05, 0.1) is 16.1 Å². The number of halogens is 2. The molecule has 1 N–H and O–H groups in total. The predicted octanol–water partition coefficient (Wildman–Crippen LogP) is 4.15. The van der Waals surface area contributed by atoms with E-state index in [0.717, 1.165) is 28.8 Å². The number of thiophene rings is 1. The number of Topliss-reactive ketones (excluding diaryl/α,β-unsaturated/α-hetero) is 1. The number of aromatic nitrogens is 2. The summed E-state index contributed by atoms with van der Waals surface area (Å²) in [6.45, 7) is 0.737. The van der Waals surface area contributed by atoms with Crippen LogP contribution in [0.5, 0.6) is 0 Å². The van der Waals surface area contributed by atoms with Crippen molar-refractivity contribution in [3.63, 3.8) is 0 Å². The Hall–Kier alpha value is -2.87. The van der Waals surface area contributed by atoms with Crippen molar-refractivity contribution in [2.24, 2.45) is 5.92 Å². The summed E-state index contributed by atoms with van der Waals surface area (Å²) in [4.78, 5) is 27.8. The fraction of sp³-hybridized carbons (Fsp3) is 0.250. The largest absolute Gasteiger partial charge is 0.337 e. The Morgan fingerprint density at radius 2 is 1.93 bits per heavy atom. The van der Waals surface area contributed by atoms with Crippen LogP contribution in [-0.4, -0.2) is 39.9 Å². The summed E-state index contributed by atoms with van der Waals surface area (Å²) in [7, 11) is 0. The molecule has 0 unspecified atom stereocenters. The third-order valence-corrected chi connectivity index (χ3v) is 5.83. The Labute approximate surface area is 164 Å². The number of hydrogen-bond donors (Lipinski definition) is 1. The molecule has 4 rings (SSSR count). The van der Waals surface area contributed by atoms with E-state index < -0.39 is 23.3 Å². The van der Waals surface area contributed by atoms with Gasteiger partial charge in [0.2, 0.25) is 0 Å². The van der Waals surface area contributed by atoms with Crippen LogP contribution in [0.25, 0.3) is 10.6 Å². The third kappa shape index (κ3) is 3.60. The van der Waals surface area contributed by atoms with Gasteiger partial charge >= 0.3 is 0 Å². The van der Waals surface area contributed by atoms with E-state index in [4.69, 9.17) is 0 Å². The number of carbonyl (C=O) groups is 2. The lowest BCUT2D eigenvalue weighted by Crippen LogP contribution is -2.40. The first-order chi connectivity index (χ1) is 13.5. The van der Waals surface area contributed by atoms with Gasteiger partial charge in [0.1, 0.15) is 11.6 Å². The molecule has 8 heteroatoms. The summed E-state index contributed by atoms with van der Waals surface area (Å²) in [6, 6.07) is 8.46. The van der Waals surface area contributed by atoms with Crippen LogP contribution < -0.4 is 0 Å². The minimum Gasteiger partial charge on any atom is -0.337 e.